The van der Waals surface area contributed by atoms with E-state index in [-0.39, 0.29) is 10.6 Å². The fraction of sp³-hybridized carbons (Fsp3) is 0.833. The Bertz CT molecular complexity index is 200. The van der Waals surface area contributed by atoms with E-state index in [0.717, 1.165) is 12.8 Å². The number of hydrogen-bond donors (Lipinski definition) is 0. The van der Waals surface area contributed by atoms with Crippen LogP contribution in [0.1, 0.15) is 65.2 Å². The standard InChI is InChI=1S/C12H23NO2/c1-3-4-5-6-7-8-9-10-11-12(2)13(14)15/h11H,3-10H2,1-2H3. The summed E-state index contributed by atoms with van der Waals surface area (Å²) in [6, 6.07) is 0. The molecule has 88 valence electrons. The summed E-state index contributed by atoms with van der Waals surface area (Å²) in [6.07, 6.45) is 11.4. The highest BCUT2D eigenvalue weighted by Crippen LogP contribution is 2.09. The van der Waals surface area contributed by atoms with Crippen LogP contribution in [0.2, 0.25) is 0 Å². The van der Waals surface area contributed by atoms with Gasteiger partial charge in [-0.15, -0.1) is 0 Å². The summed E-state index contributed by atoms with van der Waals surface area (Å²) in [5.41, 5.74) is 0.279. The predicted octanol–water partition coefficient (Wildman–Crippen LogP) is 4.31. The molecule has 0 radical (unpaired) electrons. The second-order valence-corrected chi connectivity index (χ2v) is 4.01. The maximum absolute atomic E-state index is 10.3. The minimum absolute atomic E-state index is 0.279. The first-order valence-corrected chi connectivity index (χ1v) is 5.99. The maximum Gasteiger partial charge on any atom is 0.239 e. The summed E-state index contributed by atoms with van der Waals surface area (Å²) in [6.45, 7) is 3.77. The lowest BCUT2D eigenvalue weighted by atomic mass is 10.1. The van der Waals surface area contributed by atoms with Gasteiger partial charge in [-0.3, -0.25) is 10.1 Å². The third kappa shape index (κ3) is 9.44. The number of rotatable bonds is 9. The summed E-state index contributed by atoms with van der Waals surface area (Å²) >= 11 is 0. The topological polar surface area (TPSA) is 43.1 Å². The summed E-state index contributed by atoms with van der Waals surface area (Å²) < 4.78 is 0. The average Bonchev–Trinajstić information content (AvgIpc) is 2.21. The van der Waals surface area contributed by atoms with Gasteiger partial charge in [-0.05, 0) is 18.9 Å². The second-order valence-electron chi connectivity index (χ2n) is 4.01. The molecule has 0 aliphatic rings. The van der Waals surface area contributed by atoms with Gasteiger partial charge in [-0.2, -0.15) is 0 Å². The number of unbranched alkanes of at least 4 members (excludes halogenated alkanes) is 7. The lowest BCUT2D eigenvalue weighted by molar-refractivity contribution is -0.424. The molecule has 0 fully saturated rings. The van der Waals surface area contributed by atoms with Crippen molar-refractivity contribution in [2.75, 3.05) is 0 Å². The lowest BCUT2D eigenvalue weighted by Gasteiger charge is -1.98. The molecule has 0 aromatic heterocycles. The normalized spacial score (nSPS) is 11.7. The molecule has 0 rings (SSSR count). The van der Waals surface area contributed by atoms with Gasteiger partial charge in [-0.1, -0.05) is 45.4 Å². The van der Waals surface area contributed by atoms with Gasteiger partial charge in [0.05, 0.1) is 4.92 Å². The Morgan fingerprint density at radius 2 is 1.67 bits per heavy atom. The Morgan fingerprint density at radius 3 is 2.20 bits per heavy atom. The summed E-state index contributed by atoms with van der Waals surface area (Å²) in [5, 5.41) is 10.3. The van der Waals surface area contributed by atoms with Crippen molar-refractivity contribution in [3.63, 3.8) is 0 Å². The molecule has 0 amide bonds. The van der Waals surface area contributed by atoms with Crippen molar-refractivity contribution in [1.82, 2.24) is 0 Å². The monoisotopic (exact) mass is 213 g/mol. The maximum atomic E-state index is 10.3. The highest BCUT2D eigenvalue weighted by molar-refractivity contribution is 4.86. The van der Waals surface area contributed by atoms with E-state index in [1.807, 2.05) is 0 Å². The molecule has 3 heteroatoms. The SMILES string of the molecule is CCCCCCCCCC=C(C)[N+](=O)[O-]. The van der Waals surface area contributed by atoms with Crippen LogP contribution in [0.4, 0.5) is 0 Å². The van der Waals surface area contributed by atoms with Crippen molar-refractivity contribution in [3.8, 4) is 0 Å². The van der Waals surface area contributed by atoms with E-state index in [9.17, 15) is 10.1 Å². The Balaban J connectivity index is 3.25. The van der Waals surface area contributed by atoms with Crippen LogP contribution in [0.5, 0.6) is 0 Å². The number of hydrogen-bond acceptors (Lipinski definition) is 2. The third-order valence-electron chi connectivity index (χ3n) is 2.54. The summed E-state index contributed by atoms with van der Waals surface area (Å²) in [5.74, 6) is 0. The van der Waals surface area contributed by atoms with Crippen LogP contribution in [0.25, 0.3) is 0 Å². The molecule has 0 spiro atoms. The molecule has 0 saturated carbocycles. The summed E-state index contributed by atoms with van der Waals surface area (Å²) in [7, 11) is 0. The number of nitrogens with zero attached hydrogens (tertiary/aromatic N) is 1. The molecule has 0 unspecified atom stereocenters. The van der Waals surface area contributed by atoms with Gasteiger partial charge in [0.15, 0.2) is 0 Å². The van der Waals surface area contributed by atoms with Gasteiger partial charge in [0.25, 0.3) is 0 Å². The molecule has 0 aliphatic heterocycles. The van der Waals surface area contributed by atoms with Crippen molar-refractivity contribution in [3.05, 3.63) is 21.9 Å². The van der Waals surface area contributed by atoms with E-state index in [4.69, 9.17) is 0 Å². The molecule has 0 atom stereocenters. The van der Waals surface area contributed by atoms with Crippen molar-refractivity contribution in [2.24, 2.45) is 0 Å². The molecule has 0 bridgehead atoms. The minimum atomic E-state index is -0.318. The smallest absolute Gasteiger partial charge is 0.239 e. The van der Waals surface area contributed by atoms with Crippen LogP contribution in [0.15, 0.2) is 11.8 Å². The van der Waals surface area contributed by atoms with Gasteiger partial charge in [0.1, 0.15) is 0 Å². The molecule has 0 aliphatic carbocycles. The summed E-state index contributed by atoms with van der Waals surface area (Å²) in [4.78, 5) is 9.96. The first kappa shape index (κ1) is 14.1. The zero-order chi connectivity index (χ0) is 11.5. The lowest BCUT2D eigenvalue weighted by Crippen LogP contribution is -1.92. The van der Waals surface area contributed by atoms with Crippen LogP contribution in [0.3, 0.4) is 0 Å². The van der Waals surface area contributed by atoms with E-state index in [1.54, 1.807) is 13.0 Å². The van der Waals surface area contributed by atoms with E-state index in [1.165, 1.54) is 38.5 Å². The average molecular weight is 213 g/mol. The highest BCUT2D eigenvalue weighted by Gasteiger charge is 1.99. The molecule has 0 aromatic carbocycles. The molecule has 0 heterocycles. The van der Waals surface area contributed by atoms with Crippen LogP contribution >= 0.6 is 0 Å². The molecular formula is C12H23NO2. The van der Waals surface area contributed by atoms with Gasteiger partial charge in [0, 0.05) is 6.92 Å². The van der Waals surface area contributed by atoms with Crippen molar-refractivity contribution in [2.45, 2.75) is 65.2 Å². The minimum Gasteiger partial charge on any atom is -0.259 e. The van der Waals surface area contributed by atoms with Gasteiger partial charge in [-0.25, -0.2) is 0 Å². The van der Waals surface area contributed by atoms with E-state index in [0.29, 0.717) is 0 Å². The van der Waals surface area contributed by atoms with Gasteiger partial charge < -0.3 is 0 Å². The van der Waals surface area contributed by atoms with Gasteiger partial charge >= 0.3 is 0 Å². The zero-order valence-electron chi connectivity index (χ0n) is 10.00. The van der Waals surface area contributed by atoms with Crippen molar-refractivity contribution >= 4 is 0 Å². The molecule has 15 heavy (non-hydrogen) atoms. The molecule has 0 N–H and O–H groups in total. The Kier molecular flexibility index (Phi) is 9.13. The number of nitro groups is 1. The van der Waals surface area contributed by atoms with Crippen LogP contribution in [0, 0.1) is 10.1 Å². The fourth-order valence-electron chi connectivity index (χ4n) is 1.49. The molecule has 3 nitrogen and oxygen atoms in total. The quantitative estimate of drug-likeness (QED) is 0.325. The first-order valence-electron chi connectivity index (χ1n) is 5.99. The highest BCUT2D eigenvalue weighted by atomic mass is 16.6. The van der Waals surface area contributed by atoms with Crippen LogP contribution in [-0.2, 0) is 0 Å². The Labute approximate surface area is 92.7 Å². The molecule has 0 saturated heterocycles. The van der Waals surface area contributed by atoms with Crippen LogP contribution < -0.4 is 0 Å². The largest absolute Gasteiger partial charge is 0.259 e. The predicted molar refractivity (Wildman–Crippen MR) is 63.4 cm³/mol. The second kappa shape index (κ2) is 9.69. The molecular weight excluding hydrogens is 190 g/mol. The fourth-order valence-corrected chi connectivity index (χ4v) is 1.49. The zero-order valence-corrected chi connectivity index (χ0v) is 10.00. The number of allylic oxidation sites excluding steroid dienone is 2. The van der Waals surface area contributed by atoms with E-state index >= 15 is 0 Å². The Hall–Kier alpha value is -0.860. The Morgan fingerprint density at radius 1 is 1.13 bits per heavy atom. The molecule has 0 aromatic rings. The van der Waals surface area contributed by atoms with Gasteiger partial charge in [0.2, 0.25) is 5.70 Å². The van der Waals surface area contributed by atoms with Crippen LogP contribution in [-0.4, -0.2) is 4.92 Å². The third-order valence-corrected chi connectivity index (χ3v) is 2.54. The van der Waals surface area contributed by atoms with Crippen molar-refractivity contribution < 1.29 is 4.92 Å². The van der Waals surface area contributed by atoms with E-state index in [2.05, 4.69) is 6.92 Å². The first-order chi connectivity index (χ1) is 7.18. The van der Waals surface area contributed by atoms with Crippen molar-refractivity contribution in [1.29, 1.82) is 0 Å². The van der Waals surface area contributed by atoms with E-state index < -0.39 is 0 Å².